The fourth-order valence-corrected chi connectivity index (χ4v) is 14.5. The minimum Gasteiger partial charge on any atom is -0.576 e. The highest BCUT2D eigenvalue weighted by atomic mass is 27.3. The minimum atomic E-state index is -2.86. The first kappa shape index (κ1) is 67.2. The van der Waals surface area contributed by atoms with Crippen molar-refractivity contribution >= 4 is 91.7 Å². The SMILES string of the molecule is Fc1ccc(-c2nc3ccc(-c4ccc5nc(-c6ccc(F)cc6)c(-c6ccc(F)cc6)nc5c4)cc3nc2-c2ccc(F)cc2)cc1.c1ccc(-c2ccnc3c2ccc2c(-c4ccccc4)ccnc23)cc1.c1cnc2c([O][Al]([O]c3cccc4cccnc34)[O]c3cccc4cccnc34)cccc2c1. The molecule has 19 rings (SSSR count). The molecule has 0 aliphatic heterocycles. The number of halogens is 4. The standard InChI is InChI=1S/C40H22F4N4.C24H16N2.3C9H7NO.Al/c41-29-11-1-23(2-12-29)37-39(25-5-15-31(43)16-6-25)47-35-21-27(9-19-33(35)45-37)28-10-20-34-36(22-28)48-40(26-7-17-32(44)18-8-26)38(46-34)24-3-13-30(42)14-4-24;1-3-7-17(8-4-1)19-13-15-25-23-21(19)11-12-22-20(14-16-26-24(22)23)18-9-5-2-6-10-18;3*11-8-5-1-3-7-4-2-6-10-9(7)8;/h1-22H;1-16H;3*1-6,11H;/q;;;;;+3/p-3. The highest BCUT2D eigenvalue weighted by Gasteiger charge is 2.46. The molecular weight excluding hydrogens is 1370 g/mol. The predicted molar refractivity (Wildman–Crippen MR) is 420 cm³/mol. The Morgan fingerprint density at radius 1 is 0.222 bits per heavy atom. The largest absolute Gasteiger partial charge is 1.20 e. The van der Waals surface area contributed by atoms with E-state index in [9.17, 15) is 17.6 Å². The molecule has 12 aromatic carbocycles. The number of hydrogen-bond donors (Lipinski definition) is 0. The van der Waals surface area contributed by atoms with Crippen molar-refractivity contribution in [3.63, 3.8) is 0 Å². The summed E-state index contributed by atoms with van der Waals surface area (Å²) >= 11 is -2.86. The van der Waals surface area contributed by atoms with Gasteiger partial charge >= 0.3 is 15.1 Å². The molecule has 0 fully saturated rings. The molecule has 0 bridgehead atoms. The maximum absolute atomic E-state index is 13.8. The molecule has 0 atom stereocenters. The molecule has 0 amide bonds. The molecule has 0 aliphatic carbocycles. The van der Waals surface area contributed by atoms with Crippen molar-refractivity contribution in [3.05, 3.63) is 364 Å². The van der Waals surface area contributed by atoms with Crippen LogP contribution in [0.3, 0.4) is 0 Å². The van der Waals surface area contributed by atoms with E-state index in [1.54, 1.807) is 67.1 Å². The Bertz CT molecular complexity index is 6060. The summed E-state index contributed by atoms with van der Waals surface area (Å²) in [5.74, 6) is 0.354. The lowest BCUT2D eigenvalue weighted by molar-refractivity contribution is 0.311. The van der Waals surface area contributed by atoms with E-state index >= 15 is 0 Å². The van der Waals surface area contributed by atoms with Gasteiger partial charge in [-0.3, -0.25) is 24.9 Å². The van der Waals surface area contributed by atoms with E-state index in [1.165, 1.54) is 70.8 Å². The molecule has 0 spiro atoms. The summed E-state index contributed by atoms with van der Waals surface area (Å²) in [6, 6.07) is 94.0. The van der Waals surface area contributed by atoms with Crippen LogP contribution in [0.25, 0.3) is 155 Å². The zero-order valence-electron chi connectivity index (χ0n) is 57.2. The monoisotopic (exact) mass is 1430 g/mol. The maximum atomic E-state index is 13.8. The summed E-state index contributed by atoms with van der Waals surface area (Å²) in [6.45, 7) is 0. The third kappa shape index (κ3) is 14.2. The minimum absolute atomic E-state index is 0.364. The number of fused-ring (bicyclic) bond motifs is 8. The van der Waals surface area contributed by atoms with Crippen LogP contribution in [0.15, 0.2) is 340 Å². The Labute approximate surface area is 621 Å². The zero-order valence-corrected chi connectivity index (χ0v) is 58.3. The third-order valence-electron chi connectivity index (χ3n) is 18.4. The highest BCUT2D eigenvalue weighted by Crippen LogP contribution is 2.39. The number of nitrogens with zero attached hydrogens (tertiary/aromatic N) is 9. The van der Waals surface area contributed by atoms with Gasteiger partial charge in [-0.1, -0.05) is 140 Å². The van der Waals surface area contributed by atoms with E-state index in [0.29, 0.717) is 84.3 Å². The van der Waals surface area contributed by atoms with Crippen LogP contribution >= 0.6 is 0 Å². The molecule has 17 heteroatoms. The van der Waals surface area contributed by atoms with Crippen LogP contribution < -0.4 is 11.4 Å². The summed E-state index contributed by atoms with van der Waals surface area (Å²) in [5.41, 5.74) is 18.0. The second kappa shape index (κ2) is 30.0. The Hall–Kier alpha value is -14.0. The first-order valence-corrected chi connectivity index (χ1v) is 36.0. The van der Waals surface area contributed by atoms with Gasteiger partial charge < -0.3 is 11.4 Å². The van der Waals surface area contributed by atoms with Gasteiger partial charge in [-0.2, -0.15) is 0 Å². The molecule has 0 saturated heterocycles. The number of para-hydroxylation sites is 3. The van der Waals surface area contributed by atoms with E-state index in [1.807, 2.05) is 152 Å². The van der Waals surface area contributed by atoms with Gasteiger partial charge in [0.15, 0.2) is 0 Å². The van der Waals surface area contributed by atoms with E-state index in [2.05, 4.69) is 97.7 Å². The Kier molecular flexibility index (Phi) is 18.7. The second-order valence-electron chi connectivity index (χ2n) is 25.2. The van der Waals surface area contributed by atoms with Gasteiger partial charge in [0.2, 0.25) is 0 Å². The average Bonchev–Trinajstić information content (AvgIpc) is 0.817. The lowest BCUT2D eigenvalue weighted by Gasteiger charge is -2.18. The van der Waals surface area contributed by atoms with Crippen LogP contribution in [0.1, 0.15) is 0 Å². The molecule has 7 heterocycles. The average molecular weight is 1430 g/mol. The summed E-state index contributed by atoms with van der Waals surface area (Å²) in [6.07, 6.45) is 8.99. The van der Waals surface area contributed by atoms with Crippen molar-refractivity contribution in [1.82, 2.24) is 44.9 Å². The van der Waals surface area contributed by atoms with Gasteiger partial charge in [0.05, 0.1) is 55.9 Å². The topological polar surface area (TPSA) is 144 Å². The Balaban J connectivity index is 0.000000125. The molecule has 19 aromatic rings. The molecule has 108 heavy (non-hydrogen) atoms. The van der Waals surface area contributed by atoms with Crippen molar-refractivity contribution in [2.24, 2.45) is 0 Å². The predicted octanol–water partition coefficient (Wildman–Crippen LogP) is 22.4. The van der Waals surface area contributed by atoms with Crippen molar-refractivity contribution in [2.75, 3.05) is 0 Å². The molecule has 514 valence electrons. The van der Waals surface area contributed by atoms with Gasteiger partial charge in [0, 0.05) is 80.2 Å². The van der Waals surface area contributed by atoms with E-state index < -0.39 is 15.1 Å². The number of hydrogen-bond acceptors (Lipinski definition) is 12. The van der Waals surface area contributed by atoms with Crippen molar-refractivity contribution in [2.45, 2.75) is 0 Å². The first-order chi connectivity index (χ1) is 53.1. The van der Waals surface area contributed by atoms with E-state index in [4.69, 9.17) is 31.3 Å². The van der Waals surface area contributed by atoms with Crippen molar-refractivity contribution in [1.29, 1.82) is 0 Å². The van der Waals surface area contributed by atoms with Crippen molar-refractivity contribution < 1.29 is 28.9 Å². The molecular formula is C91H56AlF4N9O3. The summed E-state index contributed by atoms with van der Waals surface area (Å²) in [5, 5.41) is 5.19. The van der Waals surface area contributed by atoms with Crippen LogP contribution in [0.2, 0.25) is 0 Å². The van der Waals surface area contributed by atoms with Crippen LogP contribution in [0, 0.1) is 23.3 Å². The molecule has 0 saturated carbocycles. The zero-order chi connectivity index (χ0) is 72.9. The summed E-state index contributed by atoms with van der Waals surface area (Å²) in [7, 11) is 0. The number of rotatable bonds is 13. The maximum Gasteiger partial charge on any atom is 1.20 e. The Morgan fingerprint density at radius 3 is 0.852 bits per heavy atom. The lowest BCUT2D eigenvalue weighted by atomic mass is 9.97. The van der Waals surface area contributed by atoms with Crippen LogP contribution in [0.5, 0.6) is 17.2 Å². The number of aromatic nitrogens is 9. The molecule has 12 nitrogen and oxygen atoms in total. The van der Waals surface area contributed by atoms with Gasteiger partial charge in [-0.05, 0) is 203 Å². The molecule has 0 radical (unpaired) electrons. The Morgan fingerprint density at radius 2 is 0.519 bits per heavy atom. The number of benzene rings is 12. The fraction of sp³-hybridized carbons (Fsp3) is 0. The van der Waals surface area contributed by atoms with Crippen LogP contribution in [0.4, 0.5) is 17.6 Å². The fourth-order valence-electron chi connectivity index (χ4n) is 13.2. The van der Waals surface area contributed by atoms with E-state index in [-0.39, 0.29) is 23.3 Å². The number of pyridine rings is 5. The van der Waals surface area contributed by atoms with Gasteiger partial charge in [-0.25, -0.2) is 37.5 Å². The quantitative estimate of drug-likeness (QED) is 0.0616. The third-order valence-corrected chi connectivity index (χ3v) is 19.7. The first-order valence-electron chi connectivity index (χ1n) is 34.6. The van der Waals surface area contributed by atoms with Crippen LogP contribution in [-0.4, -0.2) is 60.0 Å². The molecule has 7 aromatic heterocycles. The van der Waals surface area contributed by atoms with Gasteiger partial charge in [0.1, 0.15) is 57.1 Å². The highest BCUT2D eigenvalue weighted by molar-refractivity contribution is 6.40. The smallest absolute Gasteiger partial charge is 0.576 e. The summed E-state index contributed by atoms with van der Waals surface area (Å²) < 4.78 is 74.4. The van der Waals surface area contributed by atoms with Crippen LogP contribution in [-0.2, 0) is 0 Å². The summed E-state index contributed by atoms with van der Waals surface area (Å²) in [4.78, 5) is 42.6. The molecule has 0 unspecified atom stereocenters. The van der Waals surface area contributed by atoms with Gasteiger partial charge in [0.25, 0.3) is 0 Å². The van der Waals surface area contributed by atoms with Gasteiger partial charge in [-0.15, -0.1) is 0 Å². The lowest BCUT2D eigenvalue weighted by Crippen LogP contribution is -2.37. The molecule has 0 aliphatic rings. The second-order valence-corrected chi connectivity index (χ2v) is 26.5. The normalized spacial score (nSPS) is 11.1. The van der Waals surface area contributed by atoms with Crippen molar-refractivity contribution in [3.8, 4) is 95.7 Å². The van der Waals surface area contributed by atoms with E-state index in [0.717, 1.165) is 65.6 Å². The molecule has 0 N–H and O–H groups in total.